The normalized spacial score (nSPS) is 9.88. The van der Waals surface area contributed by atoms with E-state index in [1.165, 1.54) is 0 Å². The molecule has 1 heterocycles. The molecule has 0 saturated carbocycles. The third-order valence-electron chi connectivity index (χ3n) is 2.36. The van der Waals surface area contributed by atoms with Crippen LogP contribution in [-0.2, 0) is 0 Å². The molecule has 0 atom stereocenters. The Morgan fingerprint density at radius 2 is 2.35 bits per heavy atom. The maximum Gasteiger partial charge on any atom is 0.251 e. The van der Waals surface area contributed by atoms with E-state index < -0.39 is 0 Å². The van der Waals surface area contributed by atoms with Gasteiger partial charge in [0.05, 0.1) is 6.20 Å². The van der Waals surface area contributed by atoms with Crippen molar-refractivity contribution in [3.05, 3.63) is 54.9 Å². The summed E-state index contributed by atoms with van der Waals surface area (Å²) in [5.74, 6) is -0.102. The van der Waals surface area contributed by atoms with Gasteiger partial charge < -0.3 is 5.32 Å². The van der Waals surface area contributed by atoms with Gasteiger partial charge in [0.1, 0.15) is 0 Å². The number of aromatic amines is 1. The molecule has 86 valence electrons. The van der Waals surface area contributed by atoms with Crippen molar-refractivity contribution >= 4 is 5.91 Å². The summed E-state index contributed by atoms with van der Waals surface area (Å²) in [6, 6.07) is 7.41. The van der Waals surface area contributed by atoms with Gasteiger partial charge >= 0.3 is 0 Å². The van der Waals surface area contributed by atoms with Crippen LogP contribution in [0.15, 0.2) is 49.3 Å². The second kappa shape index (κ2) is 5.12. The van der Waals surface area contributed by atoms with Crippen LogP contribution in [0, 0.1) is 0 Å². The van der Waals surface area contributed by atoms with Gasteiger partial charge in [-0.1, -0.05) is 18.2 Å². The second-order valence-corrected chi connectivity index (χ2v) is 3.57. The van der Waals surface area contributed by atoms with Crippen molar-refractivity contribution in [3.63, 3.8) is 0 Å². The lowest BCUT2D eigenvalue weighted by molar-refractivity contribution is 0.0958. The van der Waals surface area contributed by atoms with E-state index in [1.807, 2.05) is 18.2 Å². The highest BCUT2D eigenvalue weighted by Crippen LogP contribution is 2.18. The minimum Gasteiger partial charge on any atom is -0.349 e. The second-order valence-electron chi connectivity index (χ2n) is 3.57. The Labute approximate surface area is 99.4 Å². The number of benzene rings is 1. The molecule has 1 amide bonds. The van der Waals surface area contributed by atoms with Gasteiger partial charge in [-0.3, -0.25) is 9.89 Å². The zero-order valence-corrected chi connectivity index (χ0v) is 9.31. The summed E-state index contributed by atoms with van der Waals surface area (Å²) < 4.78 is 0. The summed E-state index contributed by atoms with van der Waals surface area (Å²) in [6.45, 7) is 4.02. The number of nitrogens with one attached hydrogen (secondary N) is 2. The fraction of sp³-hybridized carbons (Fsp3) is 0.0769. The topological polar surface area (TPSA) is 57.8 Å². The van der Waals surface area contributed by atoms with Crippen molar-refractivity contribution in [2.75, 3.05) is 6.54 Å². The van der Waals surface area contributed by atoms with Crippen molar-refractivity contribution < 1.29 is 4.79 Å². The molecule has 0 saturated heterocycles. The Kier molecular flexibility index (Phi) is 3.35. The third kappa shape index (κ3) is 2.60. The monoisotopic (exact) mass is 227 g/mol. The minimum atomic E-state index is -0.102. The Hall–Kier alpha value is -2.36. The molecule has 0 aliphatic carbocycles. The van der Waals surface area contributed by atoms with Gasteiger partial charge in [0, 0.05) is 23.9 Å². The van der Waals surface area contributed by atoms with Crippen LogP contribution in [0.4, 0.5) is 0 Å². The molecule has 2 rings (SSSR count). The number of aromatic nitrogens is 2. The van der Waals surface area contributed by atoms with Crippen molar-refractivity contribution in [1.29, 1.82) is 0 Å². The molecule has 2 N–H and O–H groups in total. The first-order valence-corrected chi connectivity index (χ1v) is 5.29. The molecular weight excluding hydrogens is 214 g/mol. The lowest BCUT2D eigenvalue weighted by Crippen LogP contribution is -2.23. The molecule has 1 aromatic carbocycles. The zero-order valence-electron chi connectivity index (χ0n) is 9.31. The van der Waals surface area contributed by atoms with E-state index in [0.29, 0.717) is 12.1 Å². The van der Waals surface area contributed by atoms with Crippen LogP contribution < -0.4 is 5.32 Å². The molecule has 4 nitrogen and oxygen atoms in total. The first kappa shape index (κ1) is 11.1. The van der Waals surface area contributed by atoms with Crippen LogP contribution in [0.2, 0.25) is 0 Å². The van der Waals surface area contributed by atoms with Crippen LogP contribution in [-0.4, -0.2) is 22.6 Å². The van der Waals surface area contributed by atoms with E-state index in [4.69, 9.17) is 0 Å². The van der Waals surface area contributed by atoms with E-state index in [0.717, 1.165) is 11.1 Å². The molecule has 0 fully saturated rings. The molecular formula is C13H13N3O. The van der Waals surface area contributed by atoms with Gasteiger partial charge in [-0.25, -0.2) is 0 Å². The van der Waals surface area contributed by atoms with Crippen molar-refractivity contribution in [3.8, 4) is 11.1 Å². The number of carbonyl (C=O) groups is 1. The first-order valence-electron chi connectivity index (χ1n) is 5.29. The zero-order chi connectivity index (χ0) is 12.1. The predicted molar refractivity (Wildman–Crippen MR) is 66.6 cm³/mol. The number of hydrogen-bond donors (Lipinski definition) is 2. The average Bonchev–Trinajstić information content (AvgIpc) is 2.90. The highest BCUT2D eigenvalue weighted by molar-refractivity contribution is 5.95. The quantitative estimate of drug-likeness (QED) is 0.785. The summed E-state index contributed by atoms with van der Waals surface area (Å²) in [6.07, 6.45) is 5.17. The average molecular weight is 227 g/mol. The van der Waals surface area contributed by atoms with Crippen molar-refractivity contribution in [2.45, 2.75) is 0 Å². The van der Waals surface area contributed by atoms with E-state index in [-0.39, 0.29) is 5.91 Å². The number of hydrogen-bond acceptors (Lipinski definition) is 2. The van der Waals surface area contributed by atoms with Crippen LogP contribution in [0.3, 0.4) is 0 Å². The molecule has 2 aromatic rings. The molecule has 0 aliphatic rings. The molecule has 17 heavy (non-hydrogen) atoms. The standard InChI is InChI=1S/C13H13N3O/c1-2-6-14-13(17)11-5-3-4-10(7-11)12-8-15-16-9-12/h2-5,7-9H,1,6H2,(H,14,17)(H,15,16). The smallest absolute Gasteiger partial charge is 0.251 e. The van der Waals surface area contributed by atoms with Crippen LogP contribution >= 0.6 is 0 Å². The molecule has 4 heteroatoms. The number of amides is 1. The third-order valence-corrected chi connectivity index (χ3v) is 2.36. The Morgan fingerprint density at radius 1 is 1.47 bits per heavy atom. The number of carbonyl (C=O) groups excluding carboxylic acids is 1. The maximum absolute atomic E-state index is 11.7. The Bertz CT molecular complexity index is 517. The molecule has 0 bridgehead atoms. The maximum atomic E-state index is 11.7. The van der Waals surface area contributed by atoms with Crippen LogP contribution in [0.1, 0.15) is 10.4 Å². The van der Waals surface area contributed by atoms with Gasteiger partial charge in [-0.2, -0.15) is 5.10 Å². The fourth-order valence-electron chi connectivity index (χ4n) is 1.52. The minimum absolute atomic E-state index is 0.102. The molecule has 0 unspecified atom stereocenters. The highest BCUT2D eigenvalue weighted by Gasteiger charge is 2.06. The summed E-state index contributed by atoms with van der Waals surface area (Å²) in [4.78, 5) is 11.7. The largest absolute Gasteiger partial charge is 0.349 e. The summed E-state index contributed by atoms with van der Waals surface area (Å²) in [5.41, 5.74) is 2.55. The lowest BCUT2D eigenvalue weighted by Gasteiger charge is -2.04. The lowest BCUT2D eigenvalue weighted by atomic mass is 10.1. The summed E-state index contributed by atoms with van der Waals surface area (Å²) in [5, 5.41) is 9.37. The first-order chi connectivity index (χ1) is 8.31. The van der Waals surface area contributed by atoms with Crippen LogP contribution in [0.25, 0.3) is 11.1 Å². The fourth-order valence-corrected chi connectivity index (χ4v) is 1.52. The molecule has 0 radical (unpaired) electrons. The number of nitrogens with zero attached hydrogens (tertiary/aromatic N) is 1. The van der Waals surface area contributed by atoms with E-state index in [1.54, 1.807) is 24.5 Å². The Balaban J connectivity index is 2.22. The van der Waals surface area contributed by atoms with Crippen LogP contribution in [0.5, 0.6) is 0 Å². The van der Waals surface area contributed by atoms with Gasteiger partial charge in [-0.05, 0) is 17.7 Å². The SMILES string of the molecule is C=CCNC(=O)c1cccc(-c2cn[nH]c2)c1. The van der Waals surface area contributed by atoms with Crippen molar-refractivity contribution in [2.24, 2.45) is 0 Å². The van der Waals surface area contributed by atoms with E-state index in [9.17, 15) is 4.79 Å². The van der Waals surface area contributed by atoms with Gasteiger partial charge in [0.2, 0.25) is 0 Å². The number of H-pyrrole nitrogens is 1. The van der Waals surface area contributed by atoms with Gasteiger partial charge in [0.25, 0.3) is 5.91 Å². The van der Waals surface area contributed by atoms with E-state index >= 15 is 0 Å². The molecule has 0 spiro atoms. The molecule has 1 aromatic heterocycles. The van der Waals surface area contributed by atoms with E-state index in [2.05, 4.69) is 22.1 Å². The summed E-state index contributed by atoms with van der Waals surface area (Å²) in [7, 11) is 0. The molecule has 0 aliphatic heterocycles. The highest BCUT2D eigenvalue weighted by atomic mass is 16.1. The van der Waals surface area contributed by atoms with Crippen molar-refractivity contribution in [1.82, 2.24) is 15.5 Å². The van der Waals surface area contributed by atoms with Gasteiger partial charge in [0.15, 0.2) is 0 Å². The predicted octanol–water partition coefficient (Wildman–Crippen LogP) is 1.99. The Morgan fingerprint density at radius 3 is 3.06 bits per heavy atom. The van der Waals surface area contributed by atoms with Gasteiger partial charge in [-0.15, -0.1) is 6.58 Å². The summed E-state index contributed by atoms with van der Waals surface area (Å²) >= 11 is 0. The number of rotatable bonds is 4.